The topological polar surface area (TPSA) is 132 Å². The van der Waals surface area contributed by atoms with E-state index in [0.717, 1.165) is 50.2 Å². The highest BCUT2D eigenvalue weighted by Gasteiger charge is 2.31. The normalized spacial score (nSPS) is 13.9. The molecule has 1 amide bonds. The molecule has 0 fully saturated rings. The highest BCUT2D eigenvalue weighted by atomic mass is 19.4. The lowest BCUT2D eigenvalue weighted by atomic mass is 10.1. The standard InChI is InChI=1S/C25H34F3N7O3/c1-17(36)29-11-14-35(12-3-2-6-20-8-7-18-5-4-10-30-22(18)33-20)13-9-21(23(37)38)34-24-31-15-19(16-32-24)25(26,27)28/h7-8,15-16,21H,2-6,9-14H2,1H3,(H,29,36)(H,30,33)(H,37,38)(H,31,32,34). The highest BCUT2D eigenvalue weighted by molar-refractivity contribution is 5.76. The number of fused-ring (bicyclic) bond motifs is 1. The summed E-state index contributed by atoms with van der Waals surface area (Å²) in [7, 11) is 0. The number of carboxylic acids is 1. The molecule has 208 valence electrons. The predicted octanol–water partition coefficient (Wildman–Crippen LogP) is 2.96. The number of nitrogens with zero attached hydrogens (tertiary/aromatic N) is 4. The fourth-order valence-corrected chi connectivity index (χ4v) is 4.15. The van der Waals surface area contributed by atoms with Gasteiger partial charge in [-0.25, -0.2) is 19.7 Å². The zero-order valence-electron chi connectivity index (χ0n) is 21.4. The number of hydrogen-bond donors (Lipinski definition) is 4. The lowest BCUT2D eigenvalue weighted by Gasteiger charge is -2.24. The first-order chi connectivity index (χ1) is 18.1. The summed E-state index contributed by atoms with van der Waals surface area (Å²) in [5.41, 5.74) is 1.25. The Bertz CT molecular complexity index is 1070. The molecule has 13 heteroatoms. The molecule has 0 saturated heterocycles. The van der Waals surface area contributed by atoms with Crippen molar-refractivity contribution < 1.29 is 27.9 Å². The van der Waals surface area contributed by atoms with Crippen LogP contribution in [0.3, 0.4) is 0 Å². The minimum Gasteiger partial charge on any atom is -0.480 e. The molecule has 4 N–H and O–H groups in total. The van der Waals surface area contributed by atoms with Gasteiger partial charge in [0.05, 0.1) is 5.56 Å². The number of aryl methyl sites for hydroxylation is 2. The van der Waals surface area contributed by atoms with Crippen LogP contribution >= 0.6 is 0 Å². The number of pyridine rings is 1. The van der Waals surface area contributed by atoms with E-state index in [1.54, 1.807) is 0 Å². The number of aromatic nitrogens is 3. The number of carbonyl (C=O) groups excluding carboxylic acids is 1. The van der Waals surface area contributed by atoms with Crippen LogP contribution in [0, 0.1) is 0 Å². The summed E-state index contributed by atoms with van der Waals surface area (Å²) in [6.45, 7) is 4.39. The Hall–Kier alpha value is -3.48. The Morgan fingerprint density at radius 2 is 1.92 bits per heavy atom. The van der Waals surface area contributed by atoms with Gasteiger partial charge in [0.25, 0.3) is 0 Å². The smallest absolute Gasteiger partial charge is 0.419 e. The zero-order chi connectivity index (χ0) is 27.5. The molecule has 3 rings (SSSR count). The summed E-state index contributed by atoms with van der Waals surface area (Å²) >= 11 is 0. The van der Waals surface area contributed by atoms with Gasteiger partial charge in [-0.05, 0) is 56.7 Å². The summed E-state index contributed by atoms with van der Waals surface area (Å²) in [6, 6.07) is 3.10. The van der Waals surface area contributed by atoms with Gasteiger partial charge >= 0.3 is 12.1 Å². The number of anilines is 2. The molecule has 1 aliphatic heterocycles. The van der Waals surface area contributed by atoms with Gasteiger partial charge < -0.3 is 26.0 Å². The first-order valence-electron chi connectivity index (χ1n) is 12.7. The Balaban J connectivity index is 1.51. The van der Waals surface area contributed by atoms with Crippen LogP contribution in [0.1, 0.15) is 49.4 Å². The van der Waals surface area contributed by atoms with E-state index < -0.39 is 23.8 Å². The van der Waals surface area contributed by atoms with E-state index >= 15 is 0 Å². The van der Waals surface area contributed by atoms with Crippen LogP contribution < -0.4 is 16.0 Å². The summed E-state index contributed by atoms with van der Waals surface area (Å²) in [6.07, 6.45) is 1.52. The van der Waals surface area contributed by atoms with Crippen LogP contribution in [-0.4, -0.2) is 75.6 Å². The molecule has 0 aromatic carbocycles. The van der Waals surface area contributed by atoms with Crippen LogP contribution in [0.4, 0.5) is 24.9 Å². The van der Waals surface area contributed by atoms with Crippen molar-refractivity contribution in [3.63, 3.8) is 0 Å². The highest BCUT2D eigenvalue weighted by Crippen LogP contribution is 2.28. The summed E-state index contributed by atoms with van der Waals surface area (Å²) < 4.78 is 38.2. The quantitative estimate of drug-likeness (QED) is 0.269. The molecular formula is C25H34F3N7O3. The van der Waals surface area contributed by atoms with Crippen LogP contribution in [0.15, 0.2) is 24.5 Å². The number of carbonyl (C=O) groups is 2. The number of hydrogen-bond acceptors (Lipinski definition) is 8. The fraction of sp³-hybridized carbons (Fsp3) is 0.560. The van der Waals surface area contributed by atoms with E-state index in [9.17, 15) is 27.9 Å². The summed E-state index contributed by atoms with van der Waals surface area (Å²) in [5.74, 6) is -0.541. The molecule has 2 aromatic heterocycles. The van der Waals surface area contributed by atoms with Crippen LogP contribution in [-0.2, 0) is 28.6 Å². The Kier molecular flexibility index (Phi) is 10.6. The third-order valence-corrected chi connectivity index (χ3v) is 6.23. The average Bonchev–Trinajstić information content (AvgIpc) is 2.87. The fourth-order valence-electron chi connectivity index (χ4n) is 4.15. The number of halogens is 3. The van der Waals surface area contributed by atoms with Crippen molar-refractivity contribution in [2.24, 2.45) is 0 Å². The van der Waals surface area contributed by atoms with Crippen molar-refractivity contribution in [2.75, 3.05) is 43.4 Å². The van der Waals surface area contributed by atoms with E-state index in [-0.39, 0.29) is 18.3 Å². The van der Waals surface area contributed by atoms with Gasteiger partial charge in [0.15, 0.2) is 0 Å². The van der Waals surface area contributed by atoms with Gasteiger partial charge in [0.2, 0.25) is 11.9 Å². The van der Waals surface area contributed by atoms with Crippen molar-refractivity contribution in [3.05, 3.63) is 41.3 Å². The molecule has 2 aromatic rings. The molecule has 0 radical (unpaired) electrons. The Morgan fingerprint density at radius 1 is 1.16 bits per heavy atom. The lowest BCUT2D eigenvalue weighted by Crippen LogP contribution is -2.39. The van der Waals surface area contributed by atoms with Crippen molar-refractivity contribution in [1.29, 1.82) is 0 Å². The molecule has 1 aliphatic rings. The van der Waals surface area contributed by atoms with E-state index in [2.05, 4.69) is 43.0 Å². The van der Waals surface area contributed by atoms with Crippen LogP contribution in [0.5, 0.6) is 0 Å². The number of amides is 1. The monoisotopic (exact) mass is 537 g/mol. The SMILES string of the molecule is CC(=O)NCCN(CCCCc1ccc2c(n1)NCCC2)CCC(Nc1ncc(C(F)(F)F)cn1)C(=O)O. The van der Waals surface area contributed by atoms with Gasteiger partial charge in [-0.1, -0.05) is 6.07 Å². The molecule has 10 nitrogen and oxygen atoms in total. The van der Waals surface area contributed by atoms with Crippen LogP contribution in [0.2, 0.25) is 0 Å². The van der Waals surface area contributed by atoms with Crippen molar-refractivity contribution in [2.45, 2.75) is 57.7 Å². The second-order valence-corrected chi connectivity index (χ2v) is 9.24. The molecule has 0 spiro atoms. The molecule has 1 atom stereocenters. The first-order valence-corrected chi connectivity index (χ1v) is 12.7. The largest absolute Gasteiger partial charge is 0.480 e. The number of rotatable bonds is 14. The van der Waals surface area contributed by atoms with Gasteiger partial charge in [-0.15, -0.1) is 0 Å². The van der Waals surface area contributed by atoms with E-state index in [0.29, 0.717) is 38.6 Å². The maximum atomic E-state index is 12.7. The third kappa shape index (κ3) is 9.43. The number of aliphatic carboxylic acids is 1. The van der Waals surface area contributed by atoms with E-state index in [1.165, 1.54) is 12.5 Å². The molecule has 0 bridgehead atoms. The summed E-state index contributed by atoms with van der Waals surface area (Å²) in [4.78, 5) is 37.0. The number of nitrogens with one attached hydrogen (secondary N) is 3. The van der Waals surface area contributed by atoms with E-state index in [1.807, 2.05) is 0 Å². The molecule has 3 heterocycles. The van der Waals surface area contributed by atoms with Gasteiger partial charge in [0.1, 0.15) is 11.9 Å². The van der Waals surface area contributed by atoms with Gasteiger partial charge in [0, 0.05) is 51.2 Å². The number of carboxylic acid groups (broad SMARTS) is 1. The van der Waals surface area contributed by atoms with Crippen molar-refractivity contribution in [3.8, 4) is 0 Å². The maximum absolute atomic E-state index is 12.7. The Labute approximate surface area is 219 Å². The maximum Gasteiger partial charge on any atom is 0.419 e. The van der Waals surface area contributed by atoms with Gasteiger partial charge in [-0.2, -0.15) is 13.2 Å². The molecule has 1 unspecified atom stereocenters. The predicted molar refractivity (Wildman–Crippen MR) is 136 cm³/mol. The molecular weight excluding hydrogens is 503 g/mol. The number of unbranched alkanes of at least 4 members (excludes halogenated alkanes) is 1. The average molecular weight is 538 g/mol. The van der Waals surface area contributed by atoms with Gasteiger partial charge in [-0.3, -0.25) is 4.79 Å². The lowest BCUT2D eigenvalue weighted by molar-refractivity contribution is -0.139. The minimum absolute atomic E-state index is 0.151. The zero-order valence-corrected chi connectivity index (χ0v) is 21.4. The number of alkyl halides is 3. The minimum atomic E-state index is -4.58. The van der Waals surface area contributed by atoms with E-state index in [4.69, 9.17) is 4.98 Å². The summed E-state index contributed by atoms with van der Waals surface area (Å²) in [5, 5.41) is 18.3. The second kappa shape index (κ2) is 13.9. The third-order valence-electron chi connectivity index (χ3n) is 6.23. The molecule has 0 aliphatic carbocycles. The second-order valence-electron chi connectivity index (χ2n) is 9.24. The molecule has 38 heavy (non-hydrogen) atoms. The first kappa shape index (κ1) is 29.1. The van der Waals surface area contributed by atoms with Crippen LogP contribution in [0.25, 0.3) is 0 Å². The van der Waals surface area contributed by atoms with Crippen molar-refractivity contribution in [1.82, 2.24) is 25.2 Å². The Morgan fingerprint density at radius 3 is 2.61 bits per heavy atom. The molecule has 0 saturated carbocycles. The van der Waals surface area contributed by atoms with Crippen molar-refractivity contribution >= 4 is 23.6 Å².